The number of benzene rings is 1. The average molecular weight is 380 g/mol. The summed E-state index contributed by atoms with van der Waals surface area (Å²) >= 11 is 7.36. The second-order valence-corrected chi connectivity index (χ2v) is 7.35. The second kappa shape index (κ2) is 7.93. The van der Waals surface area contributed by atoms with E-state index in [1.54, 1.807) is 10.9 Å². The van der Waals surface area contributed by atoms with Crippen LogP contribution >= 0.6 is 23.4 Å². The van der Waals surface area contributed by atoms with E-state index in [9.17, 15) is 9.59 Å². The van der Waals surface area contributed by atoms with Gasteiger partial charge in [-0.25, -0.2) is 4.79 Å². The third kappa shape index (κ3) is 4.55. The largest absolute Gasteiger partial charge is 0.478 e. The van der Waals surface area contributed by atoms with E-state index in [1.165, 1.54) is 18.0 Å². The lowest BCUT2D eigenvalue weighted by Gasteiger charge is -2.32. The zero-order valence-corrected chi connectivity index (χ0v) is 15.0. The number of carboxylic acids is 1. The molecule has 1 aromatic heterocycles. The first-order valence-electron chi connectivity index (χ1n) is 7.96. The number of likely N-dealkylation sites (tertiary alicyclic amines) is 1. The zero-order chi connectivity index (χ0) is 17.8. The SMILES string of the molecule is O=C(O)c1cnn(C2CCN(C(=O)CSc3ccc(Cl)cc3)CC2)c1. The molecule has 0 atom stereocenters. The van der Waals surface area contributed by atoms with Crippen molar-refractivity contribution >= 4 is 35.2 Å². The van der Waals surface area contributed by atoms with Gasteiger partial charge in [0.2, 0.25) is 5.91 Å². The molecule has 0 radical (unpaired) electrons. The van der Waals surface area contributed by atoms with E-state index < -0.39 is 5.97 Å². The molecular weight excluding hydrogens is 362 g/mol. The minimum Gasteiger partial charge on any atom is -0.478 e. The molecule has 0 aliphatic carbocycles. The smallest absolute Gasteiger partial charge is 0.338 e. The molecule has 1 saturated heterocycles. The van der Waals surface area contributed by atoms with Crippen molar-refractivity contribution in [3.05, 3.63) is 47.2 Å². The number of hydrogen-bond donors (Lipinski definition) is 1. The van der Waals surface area contributed by atoms with Crippen LogP contribution in [0.25, 0.3) is 0 Å². The molecule has 6 nitrogen and oxygen atoms in total. The molecule has 1 N–H and O–H groups in total. The highest BCUT2D eigenvalue weighted by molar-refractivity contribution is 8.00. The second-order valence-electron chi connectivity index (χ2n) is 5.87. The van der Waals surface area contributed by atoms with Gasteiger partial charge in [0.05, 0.1) is 23.6 Å². The molecule has 1 aliphatic rings. The maximum Gasteiger partial charge on any atom is 0.338 e. The van der Waals surface area contributed by atoms with Gasteiger partial charge < -0.3 is 10.0 Å². The fourth-order valence-corrected chi connectivity index (χ4v) is 3.72. The number of carbonyl (C=O) groups is 2. The summed E-state index contributed by atoms with van der Waals surface area (Å²) in [4.78, 5) is 26.2. The Labute approximate surface area is 154 Å². The fraction of sp³-hybridized carbons (Fsp3) is 0.353. The topological polar surface area (TPSA) is 75.4 Å². The molecule has 0 spiro atoms. The van der Waals surface area contributed by atoms with Crippen molar-refractivity contribution in [1.82, 2.24) is 14.7 Å². The highest BCUT2D eigenvalue weighted by Gasteiger charge is 2.24. The predicted octanol–water partition coefficient (Wildman–Crippen LogP) is 3.19. The quantitative estimate of drug-likeness (QED) is 0.807. The van der Waals surface area contributed by atoms with Crippen molar-refractivity contribution in [3.63, 3.8) is 0 Å². The van der Waals surface area contributed by atoms with Crippen LogP contribution in [0, 0.1) is 0 Å². The Morgan fingerprint density at radius 3 is 2.52 bits per heavy atom. The van der Waals surface area contributed by atoms with Gasteiger partial charge in [0.25, 0.3) is 0 Å². The predicted molar refractivity (Wildman–Crippen MR) is 96.2 cm³/mol. The van der Waals surface area contributed by atoms with Gasteiger partial charge in [0.15, 0.2) is 0 Å². The van der Waals surface area contributed by atoms with Gasteiger partial charge in [0, 0.05) is 29.2 Å². The van der Waals surface area contributed by atoms with Crippen LogP contribution in [0.4, 0.5) is 0 Å². The van der Waals surface area contributed by atoms with Crippen molar-refractivity contribution in [3.8, 4) is 0 Å². The van der Waals surface area contributed by atoms with Crippen LogP contribution in [0.1, 0.15) is 29.2 Å². The van der Waals surface area contributed by atoms with Crippen molar-refractivity contribution in [2.75, 3.05) is 18.8 Å². The Hall–Kier alpha value is -1.99. The van der Waals surface area contributed by atoms with Crippen LogP contribution in [0.5, 0.6) is 0 Å². The van der Waals surface area contributed by atoms with E-state index in [0.29, 0.717) is 23.9 Å². The van der Waals surface area contributed by atoms with Gasteiger partial charge in [-0.05, 0) is 37.1 Å². The molecule has 25 heavy (non-hydrogen) atoms. The number of nitrogens with zero attached hydrogens (tertiary/aromatic N) is 3. The van der Waals surface area contributed by atoms with E-state index in [1.807, 2.05) is 29.2 Å². The minimum absolute atomic E-state index is 0.116. The summed E-state index contributed by atoms with van der Waals surface area (Å²) < 4.78 is 1.70. The van der Waals surface area contributed by atoms with Gasteiger partial charge in [-0.3, -0.25) is 9.48 Å². The number of carboxylic acid groups (broad SMARTS) is 1. The van der Waals surface area contributed by atoms with Gasteiger partial charge in [-0.1, -0.05) is 11.6 Å². The van der Waals surface area contributed by atoms with Crippen LogP contribution < -0.4 is 0 Å². The normalized spacial score (nSPS) is 15.3. The molecule has 3 rings (SSSR count). The summed E-state index contributed by atoms with van der Waals surface area (Å²) in [6, 6.07) is 7.58. The molecule has 2 heterocycles. The molecule has 8 heteroatoms. The van der Waals surface area contributed by atoms with Crippen molar-refractivity contribution in [2.24, 2.45) is 0 Å². The third-order valence-corrected chi connectivity index (χ3v) is 5.46. The van der Waals surface area contributed by atoms with E-state index in [0.717, 1.165) is 17.7 Å². The summed E-state index contributed by atoms with van der Waals surface area (Å²) in [5, 5.41) is 13.8. The van der Waals surface area contributed by atoms with E-state index in [4.69, 9.17) is 16.7 Å². The molecule has 2 aromatic rings. The summed E-state index contributed by atoms with van der Waals surface area (Å²) in [7, 11) is 0. The standard InChI is InChI=1S/C17H18ClN3O3S/c18-13-1-3-15(4-2-13)25-11-16(22)20-7-5-14(6-8-20)21-10-12(9-19-21)17(23)24/h1-4,9-10,14H,5-8,11H2,(H,23,24). The van der Waals surface area contributed by atoms with Crippen LogP contribution in [-0.2, 0) is 4.79 Å². The number of amides is 1. The Morgan fingerprint density at radius 2 is 1.92 bits per heavy atom. The van der Waals surface area contributed by atoms with E-state index in [-0.39, 0.29) is 17.5 Å². The van der Waals surface area contributed by atoms with Gasteiger partial charge in [0.1, 0.15) is 0 Å². The Morgan fingerprint density at radius 1 is 1.24 bits per heavy atom. The number of halogens is 1. The molecule has 0 saturated carbocycles. The number of aromatic carboxylic acids is 1. The van der Waals surface area contributed by atoms with Crippen molar-refractivity contribution in [2.45, 2.75) is 23.8 Å². The number of thioether (sulfide) groups is 1. The highest BCUT2D eigenvalue weighted by atomic mass is 35.5. The molecule has 0 unspecified atom stereocenters. The maximum atomic E-state index is 12.4. The molecule has 0 bridgehead atoms. The molecule has 1 amide bonds. The lowest BCUT2D eigenvalue weighted by atomic mass is 10.1. The summed E-state index contributed by atoms with van der Waals surface area (Å²) in [5.74, 6) is -0.458. The lowest BCUT2D eigenvalue weighted by molar-refractivity contribution is -0.129. The Bertz CT molecular complexity index is 755. The number of piperidine rings is 1. The minimum atomic E-state index is -0.974. The summed E-state index contributed by atoms with van der Waals surface area (Å²) in [6.45, 7) is 1.32. The van der Waals surface area contributed by atoms with Gasteiger partial charge in [-0.15, -0.1) is 11.8 Å². The van der Waals surface area contributed by atoms with Crippen LogP contribution in [0.3, 0.4) is 0 Å². The molecule has 132 valence electrons. The third-order valence-electron chi connectivity index (χ3n) is 4.22. The Balaban J connectivity index is 1.48. The van der Waals surface area contributed by atoms with Crippen LogP contribution in [0.2, 0.25) is 5.02 Å². The molecule has 1 aromatic carbocycles. The van der Waals surface area contributed by atoms with Crippen LogP contribution in [-0.4, -0.2) is 50.5 Å². The monoisotopic (exact) mass is 379 g/mol. The van der Waals surface area contributed by atoms with Gasteiger partial charge >= 0.3 is 5.97 Å². The number of hydrogen-bond acceptors (Lipinski definition) is 4. The average Bonchev–Trinajstić information content (AvgIpc) is 3.11. The Kier molecular flexibility index (Phi) is 5.65. The number of aromatic nitrogens is 2. The highest BCUT2D eigenvalue weighted by Crippen LogP contribution is 2.24. The van der Waals surface area contributed by atoms with E-state index >= 15 is 0 Å². The van der Waals surface area contributed by atoms with Crippen LogP contribution in [0.15, 0.2) is 41.6 Å². The number of carbonyl (C=O) groups excluding carboxylic acids is 1. The molecule has 1 fully saturated rings. The van der Waals surface area contributed by atoms with Gasteiger partial charge in [-0.2, -0.15) is 5.10 Å². The summed E-state index contributed by atoms with van der Waals surface area (Å²) in [6.07, 6.45) is 4.47. The van der Waals surface area contributed by atoms with E-state index in [2.05, 4.69) is 5.10 Å². The number of rotatable bonds is 5. The first kappa shape index (κ1) is 17.8. The maximum absolute atomic E-state index is 12.4. The fourth-order valence-electron chi connectivity index (χ4n) is 2.80. The lowest BCUT2D eigenvalue weighted by Crippen LogP contribution is -2.40. The van der Waals surface area contributed by atoms with Crippen molar-refractivity contribution in [1.29, 1.82) is 0 Å². The zero-order valence-electron chi connectivity index (χ0n) is 13.5. The first-order chi connectivity index (χ1) is 12.0. The molecule has 1 aliphatic heterocycles. The first-order valence-corrected chi connectivity index (χ1v) is 9.33. The summed E-state index contributed by atoms with van der Waals surface area (Å²) in [5.41, 5.74) is 0.192. The molecular formula is C17H18ClN3O3S. The van der Waals surface area contributed by atoms with Crippen molar-refractivity contribution < 1.29 is 14.7 Å².